The van der Waals surface area contributed by atoms with Crippen LogP contribution in [0.5, 0.6) is 0 Å². The Labute approximate surface area is 111 Å². The zero-order chi connectivity index (χ0) is 13.0. The highest BCUT2D eigenvalue weighted by atomic mass is 15.1. The summed E-state index contributed by atoms with van der Waals surface area (Å²) in [4.78, 5) is 2.54. The van der Waals surface area contributed by atoms with Crippen LogP contribution in [0.4, 0.5) is 0 Å². The summed E-state index contributed by atoms with van der Waals surface area (Å²) in [5, 5.41) is 0. The smallest absolute Gasteiger partial charge is 0.0561 e. The maximum atomic E-state index is 6.75. The molecule has 2 heteroatoms. The first-order chi connectivity index (χ1) is 8.63. The predicted octanol–water partition coefficient (Wildman–Crippen LogP) is 2.98. The highest BCUT2D eigenvalue weighted by Crippen LogP contribution is 2.28. The monoisotopic (exact) mass is 246 g/mol. The molecule has 1 saturated heterocycles. The molecule has 2 rings (SSSR count). The van der Waals surface area contributed by atoms with Crippen LogP contribution in [0.3, 0.4) is 0 Å². The number of likely N-dealkylation sites (tertiary alicyclic amines) is 1. The number of rotatable bonds is 4. The van der Waals surface area contributed by atoms with Crippen molar-refractivity contribution < 1.29 is 0 Å². The number of hydrogen-bond donors (Lipinski definition) is 1. The molecule has 0 bridgehead atoms. The summed E-state index contributed by atoms with van der Waals surface area (Å²) < 4.78 is 0. The highest BCUT2D eigenvalue weighted by Gasteiger charge is 2.33. The van der Waals surface area contributed by atoms with Crippen LogP contribution in [0.1, 0.15) is 38.7 Å². The van der Waals surface area contributed by atoms with Gasteiger partial charge in [0.2, 0.25) is 0 Å². The zero-order valence-corrected chi connectivity index (χ0v) is 11.7. The van der Waals surface area contributed by atoms with Gasteiger partial charge in [0.25, 0.3) is 0 Å². The minimum atomic E-state index is -0.224. The Hall–Kier alpha value is -0.860. The van der Waals surface area contributed by atoms with Gasteiger partial charge in [-0.05, 0) is 37.4 Å². The van der Waals surface area contributed by atoms with E-state index < -0.39 is 0 Å². The SMILES string of the molecule is CC(C)C(N)(CN1CCCCC1)c1ccccc1. The molecule has 0 radical (unpaired) electrons. The standard InChI is InChI=1S/C16H26N2/c1-14(2)16(17,15-9-5-3-6-10-15)13-18-11-7-4-8-12-18/h3,5-6,9-10,14H,4,7-8,11-13,17H2,1-2H3. The number of piperidine rings is 1. The Bertz CT molecular complexity index is 355. The molecule has 0 aromatic heterocycles. The summed E-state index contributed by atoms with van der Waals surface area (Å²) in [5.74, 6) is 0.446. The molecule has 0 saturated carbocycles. The summed E-state index contributed by atoms with van der Waals surface area (Å²) in [6, 6.07) is 10.6. The number of nitrogens with two attached hydrogens (primary N) is 1. The van der Waals surface area contributed by atoms with Crippen LogP contribution in [0.25, 0.3) is 0 Å². The lowest BCUT2D eigenvalue weighted by Crippen LogP contribution is -2.52. The summed E-state index contributed by atoms with van der Waals surface area (Å²) in [6.07, 6.45) is 4.02. The van der Waals surface area contributed by atoms with Gasteiger partial charge in [0, 0.05) is 6.54 Å². The van der Waals surface area contributed by atoms with Gasteiger partial charge in [-0.3, -0.25) is 0 Å². The third-order valence-electron chi connectivity index (χ3n) is 4.28. The van der Waals surface area contributed by atoms with Crippen molar-refractivity contribution in [3.63, 3.8) is 0 Å². The number of benzene rings is 1. The van der Waals surface area contributed by atoms with Gasteiger partial charge < -0.3 is 10.6 Å². The van der Waals surface area contributed by atoms with Crippen molar-refractivity contribution in [2.45, 2.75) is 38.6 Å². The second-order valence-corrected chi connectivity index (χ2v) is 5.90. The predicted molar refractivity (Wildman–Crippen MR) is 77.4 cm³/mol. The molecule has 2 nitrogen and oxygen atoms in total. The molecule has 1 heterocycles. The minimum Gasteiger partial charge on any atom is -0.320 e. The molecule has 1 atom stereocenters. The van der Waals surface area contributed by atoms with E-state index in [4.69, 9.17) is 5.73 Å². The van der Waals surface area contributed by atoms with Crippen LogP contribution in [0.15, 0.2) is 30.3 Å². The zero-order valence-electron chi connectivity index (χ0n) is 11.7. The lowest BCUT2D eigenvalue weighted by molar-refractivity contribution is 0.149. The second-order valence-electron chi connectivity index (χ2n) is 5.90. The fourth-order valence-corrected chi connectivity index (χ4v) is 2.84. The molecule has 0 spiro atoms. The van der Waals surface area contributed by atoms with Crippen LogP contribution in [0, 0.1) is 5.92 Å². The van der Waals surface area contributed by atoms with Gasteiger partial charge in [-0.1, -0.05) is 50.6 Å². The molecule has 100 valence electrons. The average Bonchev–Trinajstić information content (AvgIpc) is 2.40. The van der Waals surface area contributed by atoms with Crippen molar-refractivity contribution in [1.82, 2.24) is 4.90 Å². The Morgan fingerprint density at radius 2 is 1.72 bits per heavy atom. The molecular weight excluding hydrogens is 220 g/mol. The van der Waals surface area contributed by atoms with Gasteiger partial charge in [0.1, 0.15) is 0 Å². The van der Waals surface area contributed by atoms with Crippen LogP contribution >= 0.6 is 0 Å². The van der Waals surface area contributed by atoms with Crippen LogP contribution in [-0.4, -0.2) is 24.5 Å². The molecule has 1 aromatic carbocycles. The van der Waals surface area contributed by atoms with E-state index in [0.717, 1.165) is 6.54 Å². The lowest BCUT2D eigenvalue weighted by atomic mass is 9.80. The van der Waals surface area contributed by atoms with Crippen molar-refractivity contribution in [1.29, 1.82) is 0 Å². The van der Waals surface area contributed by atoms with E-state index in [1.54, 1.807) is 0 Å². The van der Waals surface area contributed by atoms with Crippen molar-refractivity contribution in [2.24, 2.45) is 11.7 Å². The molecular formula is C16H26N2. The largest absolute Gasteiger partial charge is 0.320 e. The van der Waals surface area contributed by atoms with E-state index in [1.807, 2.05) is 0 Å². The van der Waals surface area contributed by atoms with Gasteiger partial charge in [0.05, 0.1) is 5.54 Å². The maximum Gasteiger partial charge on any atom is 0.0561 e. The summed E-state index contributed by atoms with van der Waals surface area (Å²) in [5.41, 5.74) is 7.80. The summed E-state index contributed by atoms with van der Waals surface area (Å²) >= 11 is 0. The van der Waals surface area contributed by atoms with Crippen molar-refractivity contribution in [3.05, 3.63) is 35.9 Å². The molecule has 18 heavy (non-hydrogen) atoms. The normalized spacial score (nSPS) is 20.9. The summed E-state index contributed by atoms with van der Waals surface area (Å²) in [6.45, 7) is 7.86. The van der Waals surface area contributed by atoms with E-state index in [9.17, 15) is 0 Å². The first-order valence-corrected chi connectivity index (χ1v) is 7.19. The maximum absolute atomic E-state index is 6.75. The molecule has 1 aliphatic rings. The second kappa shape index (κ2) is 5.85. The van der Waals surface area contributed by atoms with Gasteiger partial charge in [0.15, 0.2) is 0 Å². The topological polar surface area (TPSA) is 29.3 Å². The molecule has 1 fully saturated rings. The Morgan fingerprint density at radius 3 is 2.28 bits per heavy atom. The van der Waals surface area contributed by atoms with Gasteiger partial charge in [-0.15, -0.1) is 0 Å². The highest BCUT2D eigenvalue weighted by molar-refractivity contribution is 5.25. The molecule has 2 N–H and O–H groups in total. The van der Waals surface area contributed by atoms with Crippen molar-refractivity contribution in [2.75, 3.05) is 19.6 Å². The van der Waals surface area contributed by atoms with E-state index in [2.05, 4.69) is 49.1 Å². The summed E-state index contributed by atoms with van der Waals surface area (Å²) in [7, 11) is 0. The Balaban J connectivity index is 2.16. The van der Waals surface area contributed by atoms with Crippen molar-refractivity contribution in [3.8, 4) is 0 Å². The molecule has 0 amide bonds. The van der Waals surface area contributed by atoms with E-state index >= 15 is 0 Å². The van der Waals surface area contributed by atoms with Gasteiger partial charge >= 0.3 is 0 Å². The quantitative estimate of drug-likeness (QED) is 0.885. The first-order valence-electron chi connectivity index (χ1n) is 7.19. The fraction of sp³-hybridized carbons (Fsp3) is 0.625. The van der Waals surface area contributed by atoms with E-state index in [1.165, 1.54) is 37.9 Å². The first kappa shape index (κ1) is 13.6. The van der Waals surface area contributed by atoms with E-state index in [-0.39, 0.29) is 5.54 Å². The fourth-order valence-electron chi connectivity index (χ4n) is 2.84. The van der Waals surface area contributed by atoms with E-state index in [0.29, 0.717) is 5.92 Å². The minimum absolute atomic E-state index is 0.224. The number of hydrogen-bond acceptors (Lipinski definition) is 2. The Kier molecular flexibility index (Phi) is 4.41. The molecule has 0 aliphatic carbocycles. The third kappa shape index (κ3) is 2.93. The Morgan fingerprint density at radius 1 is 1.11 bits per heavy atom. The molecule has 1 unspecified atom stereocenters. The number of nitrogens with zero attached hydrogens (tertiary/aromatic N) is 1. The van der Waals surface area contributed by atoms with Crippen LogP contribution in [-0.2, 0) is 5.54 Å². The van der Waals surface area contributed by atoms with Gasteiger partial charge in [-0.25, -0.2) is 0 Å². The lowest BCUT2D eigenvalue weighted by Gasteiger charge is -2.40. The average molecular weight is 246 g/mol. The van der Waals surface area contributed by atoms with Gasteiger partial charge in [-0.2, -0.15) is 0 Å². The van der Waals surface area contributed by atoms with Crippen molar-refractivity contribution >= 4 is 0 Å². The van der Waals surface area contributed by atoms with Crippen LogP contribution in [0.2, 0.25) is 0 Å². The van der Waals surface area contributed by atoms with Crippen LogP contribution < -0.4 is 5.73 Å². The third-order valence-corrected chi connectivity index (χ3v) is 4.28. The molecule has 1 aromatic rings. The molecule has 1 aliphatic heterocycles.